The van der Waals surface area contributed by atoms with Crippen LogP contribution in [0, 0.1) is 5.92 Å². The number of anilines is 1. The van der Waals surface area contributed by atoms with E-state index in [9.17, 15) is 9.59 Å². The molecule has 0 radical (unpaired) electrons. The molecule has 2 amide bonds. The molecule has 2 rings (SSSR count). The van der Waals surface area contributed by atoms with E-state index in [4.69, 9.17) is 4.74 Å². The number of carbonyl (C=O) groups is 2. The highest BCUT2D eigenvalue weighted by Gasteiger charge is 2.32. The largest absolute Gasteiger partial charge is 0.494 e. The summed E-state index contributed by atoms with van der Waals surface area (Å²) >= 11 is 0. The normalized spacial score (nSPS) is 17.7. The second kappa shape index (κ2) is 7.99. The summed E-state index contributed by atoms with van der Waals surface area (Å²) in [6, 6.07) is 7.38. The van der Waals surface area contributed by atoms with Gasteiger partial charge in [-0.3, -0.25) is 9.59 Å². The predicted octanol–water partition coefficient (Wildman–Crippen LogP) is 2.74. The van der Waals surface area contributed by atoms with Gasteiger partial charge in [0.05, 0.1) is 12.6 Å². The molecule has 0 saturated carbocycles. The molecule has 1 aliphatic rings. The summed E-state index contributed by atoms with van der Waals surface area (Å²) in [5.41, 5.74) is 0.845. The van der Waals surface area contributed by atoms with Crippen molar-refractivity contribution >= 4 is 17.5 Å². The van der Waals surface area contributed by atoms with Crippen molar-refractivity contribution in [3.05, 3.63) is 24.3 Å². The number of nitrogens with one attached hydrogen (secondary N) is 1. The lowest BCUT2D eigenvalue weighted by molar-refractivity contribution is -0.125. The highest BCUT2D eigenvalue weighted by atomic mass is 16.5. The topological polar surface area (TPSA) is 58.6 Å². The molecule has 5 heteroatoms. The van der Waals surface area contributed by atoms with Crippen LogP contribution in [0.4, 0.5) is 5.69 Å². The van der Waals surface area contributed by atoms with Crippen LogP contribution in [0.1, 0.15) is 40.0 Å². The van der Waals surface area contributed by atoms with Crippen molar-refractivity contribution in [1.82, 2.24) is 5.32 Å². The minimum absolute atomic E-state index is 0.0321. The Labute approximate surface area is 138 Å². The monoisotopic (exact) mass is 318 g/mol. The Balaban J connectivity index is 1.98. The van der Waals surface area contributed by atoms with Gasteiger partial charge in [0.2, 0.25) is 11.8 Å². The Morgan fingerprint density at radius 1 is 1.26 bits per heavy atom. The number of benzene rings is 1. The molecule has 23 heavy (non-hydrogen) atoms. The van der Waals surface area contributed by atoms with Crippen molar-refractivity contribution in [2.24, 2.45) is 5.92 Å². The fourth-order valence-electron chi connectivity index (χ4n) is 2.92. The molecular formula is C18H26N2O3. The molecule has 1 fully saturated rings. The van der Waals surface area contributed by atoms with Crippen molar-refractivity contribution in [3.63, 3.8) is 0 Å². The Morgan fingerprint density at radius 3 is 2.48 bits per heavy atom. The number of nitrogens with zero attached hydrogens (tertiary/aromatic N) is 1. The number of rotatable bonds is 7. The lowest BCUT2D eigenvalue weighted by Crippen LogP contribution is -2.40. The minimum atomic E-state index is -0.109. The van der Waals surface area contributed by atoms with Crippen molar-refractivity contribution in [1.29, 1.82) is 0 Å². The van der Waals surface area contributed by atoms with E-state index in [0.717, 1.165) is 24.3 Å². The second-order valence-electron chi connectivity index (χ2n) is 5.85. The third-order valence-corrected chi connectivity index (χ3v) is 4.29. The van der Waals surface area contributed by atoms with Gasteiger partial charge in [-0.05, 0) is 44.0 Å². The maximum absolute atomic E-state index is 12.2. The minimum Gasteiger partial charge on any atom is -0.494 e. The SMILES string of the molecule is CCOc1ccc(N2C[C@@H](NC(=O)C(CC)CC)CC2=O)cc1. The van der Waals surface area contributed by atoms with E-state index in [1.54, 1.807) is 4.90 Å². The van der Waals surface area contributed by atoms with E-state index in [-0.39, 0.29) is 23.8 Å². The van der Waals surface area contributed by atoms with E-state index in [2.05, 4.69) is 5.32 Å². The first-order valence-electron chi connectivity index (χ1n) is 8.42. The van der Waals surface area contributed by atoms with Crippen LogP contribution in [0.25, 0.3) is 0 Å². The Kier molecular flexibility index (Phi) is 6.02. The van der Waals surface area contributed by atoms with E-state index in [1.165, 1.54) is 0 Å². The van der Waals surface area contributed by atoms with Gasteiger partial charge in [0.25, 0.3) is 0 Å². The zero-order chi connectivity index (χ0) is 16.8. The summed E-state index contributed by atoms with van der Waals surface area (Å²) in [7, 11) is 0. The molecule has 5 nitrogen and oxygen atoms in total. The van der Waals surface area contributed by atoms with Crippen molar-refractivity contribution in [2.45, 2.75) is 46.1 Å². The van der Waals surface area contributed by atoms with E-state index >= 15 is 0 Å². The van der Waals surface area contributed by atoms with E-state index in [1.807, 2.05) is 45.0 Å². The molecule has 1 saturated heterocycles. The van der Waals surface area contributed by atoms with E-state index in [0.29, 0.717) is 19.6 Å². The molecule has 1 aromatic rings. The van der Waals surface area contributed by atoms with Crippen molar-refractivity contribution in [2.75, 3.05) is 18.1 Å². The van der Waals surface area contributed by atoms with Gasteiger partial charge in [-0.15, -0.1) is 0 Å². The van der Waals surface area contributed by atoms with Gasteiger partial charge >= 0.3 is 0 Å². The van der Waals surface area contributed by atoms with Crippen LogP contribution < -0.4 is 15.0 Å². The van der Waals surface area contributed by atoms with Crippen molar-refractivity contribution in [3.8, 4) is 5.75 Å². The zero-order valence-electron chi connectivity index (χ0n) is 14.2. The van der Waals surface area contributed by atoms with Crippen LogP contribution in [0.15, 0.2) is 24.3 Å². The summed E-state index contributed by atoms with van der Waals surface area (Å²) in [5, 5.41) is 3.02. The summed E-state index contributed by atoms with van der Waals surface area (Å²) in [6.07, 6.45) is 2.01. The third-order valence-electron chi connectivity index (χ3n) is 4.29. The predicted molar refractivity (Wildman–Crippen MR) is 90.6 cm³/mol. The van der Waals surface area contributed by atoms with Gasteiger partial charge in [-0.2, -0.15) is 0 Å². The highest BCUT2D eigenvalue weighted by molar-refractivity contribution is 5.97. The molecule has 0 aliphatic carbocycles. The average molecular weight is 318 g/mol. The quantitative estimate of drug-likeness (QED) is 0.841. The van der Waals surface area contributed by atoms with Gasteiger partial charge in [-0.1, -0.05) is 13.8 Å². The van der Waals surface area contributed by atoms with Crippen LogP contribution in [-0.4, -0.2) is 31.0 Å². The lowest BCUT2D eigenvalue weighted by atomic mass is 10.0. The van der Waals surface area contributed by atoms with Gasteiger partial charge < -0.3 is 15.0 Å². The zero-order valence-corrected chi connectivity index (χ0v) is 14.2. The lowest BCUT2D eigenvalue weighted by Gasteiger charge is -2.19. The molecule has 1 aliphatic heterocycles. The number of ether oxygens (including phenoxy) is 1. The van der Waals surface area contributed by atoms with Crippen molar-refractivity contribution < 1.29 is 14.3 Å². The van der Waals surface area contributed by atoms with Gasteiger partial charge in [0.1, 0.15) is 5.75 Å². The Hall–Kier alpha value is -2.04. The molecular weight excluding hydrogens is 292 g/mol. The number of amides is 2. The molecule has 1 N–H and O–H groups in total. The first-order valence-corrected chi connectivity index (χ1v) is 8.42. The van der Waals surface area contributed by atoms with Crippen LogP contribution in [0.2, 0.25) is 0 Å². The average Bonchev–Trinajstić information content (AvgIpc) is 2.90. The molecule has 0 spiro atoms. The molecule has 0 bridgehead atoms. The molecule has 1 atom stereocenters. The maximum Gasteiger partial charge on any atom is 0.229 e. The molecule has 1 aromatic carbocycles. The molecule has 126 valence electrons. The summed E-state index contributed by atoms with van der Waals surface area (Å²) < 4.78 is 5.41. The number of carbonyl (C=O) groups excluding carboxylic acids is 2. The van der Waals surface area contributed by atoms with Crippen LogP contribution in [0.5, 0.6) is 5.75 Å². The third kappa shape index (κ3) is 4.24. The maximum atomic E-state index is 12.2. The number of hydrogen-bond donors (Lipinski definition) is 1. The Bertz CT molecular complexity index is 538. The van der Waals surface area contributed by atoms with Crippen LogP contribution >= 0.6 is 0 Å². The molecule has 0 aromatic heterocycles. The summed E-state index contributed by atoms with van der Waals surface area (Å²) in [5.74, 6) is 0.927. The van der Waals surface area contributed by atoms with Gasteiger partial charge in [0.15, 0.2) is 0 Å². The first kappa shape index (κ1) is 17.3. The van der Waals surface area contributed by atoms with E-state index < -0.39 is 0 Å². The fourth-order valence-corrected chi connectivity index (χ4v) is 2.92. The van der Waals surface area contributed by atoms with Gasteiger partial charge in [0, 0.05) is 24.6 Å². The molecule has 1 heterocycles. The Morgan fingerprint density at radius 2 is 1.91 bits per heavy atom. The van der Waals surface area contributed by atoms with Crippen LogP contribution in [0.3, 0.4) is 0 Å². The number of hydrogen-bond acceptors (Lipinski definition) is 3. The summed E-state index contributed by atoms with van der Waals surface area (Å²) in [4.78, 5) is 26.1. The summed E-state index contributed by atoms with van der Waals surface area (Å²) in [6.45, 7) is 7.11. The second-order valence-corrected chi connectivity index (χ2v) is 5.85. The van der Waals surface area contributed by atoms with Gasteiger partial charge in [-0.25, -0.2) is 0 Å². The van der Waals surface area contributed by atoms with Crippen LogP contribution in [-0.2, 0) is 9.59 Å². The highest BCUT2D eigenvalue weighted by Crippen LogP contribution is 2.24. The fraction of sp³-hybridized carbons (Fsp3) is 0.556. The standard InChI is InChI=1S/C18H26N2O3/c1-4-13(5-2)18(22)19-14-11-17(21)20(12-14)15-7-9-16(10-8-15)23-6-3/h7-10,13-14H,4-6,11-12H2,1-3H3,(H,19,22)/t14-/m0/s1. The first-order chi connectivity index (χ1) is 11.1. The molecule has 0 unspecified atom stereocenters. The smallest absolute Gasteiger partial charge is 0.229 e.